The van der Waals surface area contributed by atoms with Crippen LogP contribution in [0.2, 0.25) is 0 Å². The molecule has 0 N–H and O–H groups in total. The summed E-state index contributed by atoms with van der Waals surface area (Å²) in [7, 11) is 0. The molecule has 2 aromatic rings. The molecule has 3 rings (SSSR count). The maximum Gasteiger partial charge on any atom is 0.233 e. The summed E-state index contributed by atoms with van der Waals surface area (Å²) in [4.78, 5) is 18.8. The van der Waals surface area contributed by atoms with Crippen LogP contribution < -0.4 is 0 Å². The first kappa shape index (κ1) is 18.5. The smallest absolute Gasteiger partial charge is 0.233 e. The first-order valence-corrected chi connectivity index (χ1v) is 10.3. The fraction of sp³-hybridized carbons (Fsp3) is 0.400. The molecule has 1 fully saturated rings. The van der Waals surface area contributed by atoms with Crippen molar-refractivity contribution in [3.63, 3.8) is 0 Å². The highest BCUT2D eigenvalue weighted by Crippen LogP contribution is 2.43. The summed E-state index contributed by atoms with van der Waals surface area (Å²) < 4.78 is 1.06. The van der Waals surface area contributed by atoms with Crippen LogP contribution in [0.1, 0.15) is 38.1 Å². The van der Waals surface area contributed by atoms with Gasteiger partial charge in [0.1, 0.15) is 5.37 Å². The molecule has 0 radical (unpaired) electrons. The van der Waals surface area contributed by atoms with Crippen molar-refractivity contribution in [3.8, 4) is 11.1 Å². The van der Waals surface area contributed by atoms with E-state index < -0.39 is 0 Å². The third kappa shape index (κ3) is 4.45. The summed E-state index contributed by atoms with van der Waals surface area (Å²) in [6.45, 7) is 7.43. The molecule has 1 aliphatic heterocycles. The van der Waals surface area contributed by atoms with Crippen LogP contribution in [0.25, 0.3) is 11.1 Å². The van der Waals surface area contributed by atoms with Crippen molar-refractivity contribution in [1.29, 1.82) is 0 Å². The van der Waals surface area contributed by atoms with Gasteiger partial charge >= 0.3 is 0 Å². The fourth-order valence-corrected chi connectivity index (χ4v) is 4.41. The Hall–Kier alpha value is -1.33. The molecule has 0 spiro atoms. The van der Waals surface area contributed by atoms with Crippen molar-refractivity contribution in [2.45, 2.75) is 32.6 Å². The second-order valence-corrected chi connectivity index (χ2v) is 9.52. The predicted octanol–water partition coefficient (Wildman–Crippen LogP) is 5.52. The maximum absolute atomic E-state index is 12.4. The zero-order valence-electron chi connectivity index (χ0n) is 14.8. The average molecular weight is 419 g/mol. The lowest BCUT2D eigenvalue weighted by molar-refractivity contribution is -0.128. The second-order valence-electron chi connectivity index (χ2n) is 7.53. The molecular weight excluding hydrogens is 396 g/mol. The van der Waals surface area contributed by atoms with Gasteiger partial charge in [0.05, 0.1) is 5.75 Å². The average Bonchev–Trinajstić information content (AvgIpc) is 2.94. The van der Waals surface area contributed by atoms with E-state index in [0.717, 1.165) is 34.1 Å². The summed E-state index contributed by atoms with van der Waals surface area (Å²) in [5, 5.41) is 0.0437. The van der Waals surface area contributed by atoms with Gasteiger partial charge in [0, 0.05) is 29.0 Å². The van der Waals surface area contributed by atoms with E-state index in [1.165, 1.54) is 0 Å². The number of hydrogen-bond donors (Lipinski definition) is 0. The van der Waals surface area contributed by atoms with Crippen LogP contribution in [-0.4, -0.2) is 28.1 Å². The number of halogens is 1. The summed E-state index contributed by atoms with van der Waals surface area (Å²) in [5.41, 5.74) is 3.63. The molecule has 1 aromatic heterocycles. The van der Waals surface area contributed by atoms with Gasteiger partial charge in [-0.05, 0) is 41.2 Å². The Kier molecular flexibility index (Phi) is 5.54. The molecule has 1 aromatic carbocycles. The summed E-state index contributed by atoms with van der Waals surface area (Å²) >= 11 is 5.19. The van der Waals surface area contributed by atoms with E-state index in [2.05, 4.69) is 53.8 Å². The number of carbonyl (C=O) groups excluding carboxylic acids is 1. The number of benzene rings is 1. The predicted molar refractivity (Wildman–Crippen MR) is 108 cm³/mol. The van der Waals surface area contributed by atoms with E-state index >= 15 is 0 Å². The van der Waals surface area contributed by atoms with Crippen LogP contribution in [0.4, 0.5) is 0 Å². The molecule has 1 saturated heterocycles. The molecule has 25 heavy (non-hydrogen) atoms. The van der Waals surface area contributed by atoms with E-state index in [0.29, 0.717) is 5.75 Å². The van der Waals surface area contributed by atoms with Crippen molar-refractivity contribution in [3.05, 3.63) is 52.8 Å². The molecule has 1 aliphatic rings. The quantitative estimate of drug-likeness (QED) is 0.654. The third-order valence-electron chi connectivity index (χ3n) is 4.34. The van der Waals surface area contributed by atoms with Crippen LogP contribution >= 0.6 is 27.7 Å². The molecule has 132 valence electrons. The minimum atomic E-state index is 0.0437. The minimum absolute atomic E-state index is 0.0437. The van der Waals surface area contributed by atoms with Gasteiger partial charge in [-0.2, -0.15) is 0 Å². The first-order valence-electron chi connectivity index (χ1n) is 8.46. The van der Waals surface area contributed by atoms with Crippen LogP contribution in [-0.2, 0) is 4.79 Å². The number of carbonyl (C=O) groups is 1. The molecule has 5 heteroatoms. The number of pyridine rings is 1. The van der Waals surface area contributed by atoms with Crippen LogP contribution in [0.3, 0.4) is 0 Å². The van der Waals surface area contributed by atoms with Gasteiger partial charge in [-0.15, -0.1) is 11.8 Å². The highest BCUT2D eigenvalue weighted by atomic mass is 79.9. The molecule has 2 heterocycles. The molecule has 1 unspecified atom stereocenters. The van der Waals surface area contributed by atoms with Gasteiger partial charge in [-0.3, -0.25) is 9.78 Å². The van der Waals surface area contributed by atoms with Crippen LogP contribution in [0.5, 0.6) is 0 Å². The third-order valence-corrected chi connectivity index (χ3v) is 6.11. The van der Waals surface area contributed by atoms with Gasteiger partial charge in [0.15, 0.2) is 0 Å². The number of nitrogens with zero attached hydrogens (tertiary/aromatic N) is 2. The standard InChI is InChI=1S/C20H23BrN2OS/c1-20(2,3)9-11-23-18(24)13-25-19(23)17-12-22-10-8-16(17)14-4-6-15(21)7-5-14/h4-8,10,12,19H,9,11,13H2,1-3H3. The van der Waals surface area contributed by atoms with Crippen molar-refractivity contribution < 1.29 is 4.79 Å². The highest BCUT2D eigenvalue weighted by molar-refractivity contribution is 9.10. The lowest BCUT2D eigenvalue weighted by Gasteiger charge is -2.29. The fourth-order valence-electron chi connectivity index (χ4n) is 2.91. The monoisotopic (exact) mass is 418 g/mol. The molecule has 1 atom stereocenters. The van der Waals surface area contributed by atoms with Crippen molar-refractivity contribution >= 4 is 33.6 Å². The molecule has 3 nitrogen and oxygen atoms in total. The lowest BCUT2D eigenvalue weighted by Crippen LogP contribution is -2.31. The van der Waals surface area contributed by atoms with Crippen LogP contribution in [0, 0.1) is 5.41 Å². The zero-order chi connectivity index (χ0) is 18.0. The largest absolute Gasteiger partial charge is 0.326 e. The van der Waals surface area contributed by atoms with E-state index in [4.69, 9.17) is 0 Å². The summed E-state index contributed by atoms with van der Waals surface area (Å²) in [5.74, 6) is 0.772. The Morgan fingerprint density at radius 2 is 1.96 bits per heavy atom. The number of amides is 1. The SMILES string of the molecule is CC(C)(C)CCN1C(=O)CSC1c1cnccc1-c1ccc(Br)cc1. The maximum atomic E-state index is 12.4. The van der Waals surface area contributed by atoms with E-state index in [-0.39, 0.29) is 16.7 Å². The van der Waals surface area contributed by atoms with Crippen molar-refractivity contribution in [1.82, 2.24) is 9.88 Å². The normalized spacial score (nSPS) is 18.0. The zero-order valence-corrected chi connectivity index (χ0v) is 17.2. The van der Waals surface area contributed by atoms with Crippen molar-refractivity contribution in [2.24, 2.45) is 5.41 Å². The van der Waals surface area contributed by atoms with E-state index in [9.17, 15) is 4.79 Å². The molecular formula is C20H23BrN2OS. The van der Waals surface area contributed by atoms with Gasteiger partial charge in [-0.1, -0.05) is 48.8 Å². The van der Waals surface area contributed by atoms with Gasteiger partial charge in [-0.25, -0.2) is 0 Å². The van der Waals surface area contributed by atoms with E-state index in [1.54, 1.807) is 11.8 Å². The molecule has 0 aliphatic carbocycles. The molecule has 0 saturated carbocycles. The van der Waals surface area contributed by atoms with Crippen molar-refractivity contribution in [2.75, 3.05) is 12.3 Å². The Labute approximate surface area is 162 Å². The number of aromatic nitrogens is 1. The summed E-state index contributed by atoms with van der Waals surface area (Å²) in [6, 6.07) is 10.3. The highest BCUT2D eigenvalue weighted by Gasteiger charge is 2.34. The summed E-state index contributed by atoms with van der Waals surface area (Å²) in [6.07, 6.45) is 4.73. The molecule has 1 amide bonds. The topological polar surface area (TPSA) is 33.2 Å². The van der Waals surface area contributed by atoms with Crippen LogP contribution in [0.15, 0.2) is 47.2 Å². The van der Waals surface area contributed by atoms with Gasteiger partial charge in [0.25, 0.3) is 0 Å². The molecule has 0 bridgehead atoms. The second kappa shape index (κ2) is 7.50. The van der Waals surface area contributed by atoms with E-state index in [1.807, 2.05) is 35.5 Å². The van der Waals surface area contributed by atoms with Gasteiger partial charge < -0.3 is 4.90 Å². The minimum Gasteiger partial charge on any atom is -0.326 e. The lowest BCUT2D eigenvalue weighted by atomic mass is 9.92. The Balaban J connectivity index is 1.92. The number of thioether (sulfide) groups is 1. The number of rotatable bonds is 4. The van der Waals surface area contributed by atoms with Gasteiger partial charge in [0.2, 0.25) is 5.91 Å². The first-order chi connectivity index (χ1) is 11.8. The Morgan fingerprint density at radius 1 is 1.24 bits per heavy atom. The Morgan fingerprint density at radius 3 is 2.64 bits per heavy atom. The number of hydrogen-bond acceptors (Lipinski definition) is 3. The Bertz CT molecular complexity index is 755.